The van der Waals surface area contributed by atoms with Gasteiger partial charge in [-0.15, -0.1) is 0 Å². The van der Waals surface area contributed by atoms with Crippen molar-refractivity contribution < 1.29 is 0 Å². The minimum atomic E-state index is 0.649. The standard InChI is InChI=1S/C16H27N3/c1-3-19-11-10-18(13-14(19)2)9-8-15-6-4-5-7-16(15)12-17/h4-7,14H,3,8-13,17H2,1-2H3. The van der Waals surface area contributed by atoms with Gasteiger partial charge in [-0.2, -0.15) is 0 Å². The van der Waals surface area contributed by atoms with Crippen LogP contribution in [0.1, 0.15) is 25.0 Å². The first kappa shape index (κ1) is 14.5. The summed E-state index contributed by atoms with van der Waals surface area (Å²) in [6.07, 6.45) is 1.12. The van der Waals surface area contributed by atoms with E-state index < -0.39 is 0 Å². The number of likely N-dealkylation sites (N-methyl/N-ethyl adjacent to an activating group) is 1. The zero-order valence-corrected chi connectivity index (χ0v) is 12.3. The molecule has 0 radical (unpaired) electrons. The Balaban J connectivity index is 1.86. The Kier molecular flexibility index (Phi) is 5.37. The molecule has 3 nitrogen and oxygen atoms in total. The molecule has 1 unspecified atom stereocenters. The third-order valence-electron chi connectivity index (χ3n) is 4.29. The van der Waals surface area contributed by atoms with Crippen molar-refractivity contribution in [2.75, 3.05) is 32.7 Å². The first-order valence-corrected chi connectivity index (χ1v) is 7.47. The molecule has 1 aliphatic rings. The van der Waals surface area contributed by atoms with E-state index in [0.717, 1.165) is 13.0 Å². The molecule has 1 aromatic carbocycles. The van der Waals surface area contributed by atoms with Crippen LogP contribution in [0.4, 0.5) is 0 Å². The topological polar surface area (TPSA) is 32.5 Å². The van der Waals surface area contributed by atoms with Gasteiger partial charge >= 0.3 is 0 Å². The molecule has 19 heavy (non-hydrogen) atoms. The van der Waals surface area contributed by atoms with Crippen LogP contribution in [0, 0.1) is 0 Å². The van der Waals surface area contributed by atoms with Gasteiger partial charge in [0.25, 0.3) is 0 Å². The number of hydrogen-bond acceptors (Lipinski definition) is 3. The molecule has 0 spiro atoms. The highest BCUT2D eigenvalue weighted by molar-refractivity contribution is 5.27. The molecule has 1 heterocycles. The molecule has 0 bridgehead atoms. The number of rotatable bonds is 5. The van der Waals surface area contributed by atoms with E-state index in [0.29, 0.717) is 12.6 Å². The van der Waals surface area contributed by atoms with Crippen molar-refractivity contribution in [2.45, 2.75) is 32.9 Å². The molecule has 2 rings (SSSR count). The fourth-order valence-corrected chi connectivity index (χ4v) is 3.02. The molecule has 0 amide bonds. The van der Waals surface area contributed by atoms with Crippen LogP contribution >= 0.6 is 0 Å². The third kappa shape index (κ3) is 3.78. The molecule has 0 aromatic heterocycles. The molecular formula is C16H27N3. The van der Waals surface area contributed by atoms with Crippen LogP contribution in [0.3, 0.4) is 0 Å². The molecule has 3 heteroatoms. The van der Waals surface area contributed by atoms with Crippen molar-refractivity contribution in [2.24, 2.45) is 5.73 Å². The van der Waals surface area contributed by atoms with Crippen molar-refractivity contribution in [1.82, 2.24) is 9.80 Å². The molecule has 2 N–H and O–H groups in total. The van der Waals surface area contributed by atoms with Crippen LogP contribution in [-0.2, 0) is 13.0 Å². The lowest BCUT2D eigenvalue weighted by Gasteiger charge is -2.39. The van der Waals surface area contributed by atoms with E-state index in [-0.39, 0.29) is 0 Å². The summed E-state index contributed by atoms with van der Waals surface area (Å²) >= 11 is 0. The quantitative estimate of drug-likeness (QED) is 0.876. The van der Waals surface area contributed by atoms with Gasteiger partial charge in [0.05, 0.1) is 0 Å². The molecule has 0 saturated carbocycles. The second-order valence-corrected chi connectivity index (χ2v) is 5.50. The van der Waals surface area contributed by atoms with Crippen LogP contribution in [0.2, 0.25) is 0 Å². The van der Waals surface area contributed by atoms with Crippen molar-refractivity contribution in [3.05, 3.63) is 35.4 Å². The van der Waals surface area contributed by atoms with Crippen LogP contribution in [0.25, 0.3) is 0 Å². The second kappa shape index (κ2) is 7.04. The van der Waals surface area contributed by atoms with Crippen molar-refractivity contribution >= 4 is 0 Å². The number of hydrogen-bond donors (Lipinski definition) is 1. The lowest BCUT2D eigenvalue weighted by Crippen LogP contribution is -2.51. The summed E-state index contributed by atoms with van der Waals surface area (Å²) in [5.74, 6) is 0. The van der Waals surface area contributed by atoms with E-state index in [9.17, 15) is 0 Å². The van der Waals surface area contributed by atoms with Gasteiger partial charge in [0.1, 0.15) is 0 Å². The smallest absolute Gasteiger partial charge is 0.0195 e. The fraction of sp³-hybridized carbons (Fsp3) is 0.625. The molecule has 0 aliphatic carbocycles. The predicted octanol–water partition coefficient (Wildman–Crippen LogP) is 1.71. The molecule has 1 aliphatic heterocycles. The summed E-state index contributed by atoms with van der Waals surface area (Å²) in [4.78, 5) is 5.15. The molecule has 1 fully saturated rings. The highest BCUT2D eigenvalue weighted by Gasteiger charge is 2.21. The van der Waals surface area contributed by atoms with Gasteiger partial charge in [-0.05, 0) is 31.0 Å². The van der Waals surface area contributed by atoms with E-state index in [1.807, 2.05) is 0 Å². The number of nitrogens with two attached hydrogens (primary N) is 1. The maximum Gasteiger partial charge on any atom is 0.0195 e. The van der Waals surface area contributed by atoms with Crippen LogP contribution in [-0.4, -0.2) is 48.6 Å². The zero-order valence-electron chi connectivity index (χ0n) is 12.3. The molecule has 1 atom stereocenters. The van der Waals surface area contributed by atoms with E-state index >= 15 is 0 Å². The van der Waals surface area contributed by atoms with Crippen LogP contribution < -0.4 is 5.73 Å². The monoisotopic (exact) mass is 261 g/mol. The minimum Gasteiger partial charge on any atom is -0.326 e. The zero-order chi connectivity index (χ0) is 13.7. The first-order chi connectivity index (χ1) is 9.24. The Morgan fingerprint density at radius 2 is 1.95 bits per heavy atom. The highest BCUT2D eigenvalue weighted by atomic mass is 15.3. The lowest BCUT2D eigenvalue weighted by atomic mass is 10.0. The molecular weight excluding hydrogens is 234 g/mol. The van der Waals surface area contributed by atoms with Crippen molar-refractivity contribution in [1.29, 1.82) is 0 Å². The SMILES string of the molecule is CCN1CCN(CCc2ccccc2CN)CC1C. The largest absolute Gasteiger partial charge is 0.326 e. The summed E-state index contributed by atoms with van der Waals surface area (Å²) in [6, 6.07) is 9.24. The van der Waals surface area contributed by atoms with Crippen LogP contribution in [0.15, 0.2) is 24.3 Å². The van der Waals surface area contributed by atoms with E-state index in [2.05, 4.69) is 47.9 Å². The van der Waals surface area contributed by atoms with Gasteiger partial charge in [-0.3, -0.25) is 4.90 Å². The number of benzene rings is 1. The summed E-state index contributed by atoms with van der Waals surface area (Å²) < 4.78 is 0. The average molecular weight is 261 g/mol. The number of piperazine rings is 1. The highest BCUT2D eigenvalue weighted by Crippen LogP contribution is 2.12. The maximum absolute atomic E-state index is 5.80. The lowest BCUT2D eigenvalue weighted by molar-refractivity contribution is 0.0889. The van der Waals surface area contributed by atoms with Gasteiger partial charge in [0.15, 0.2) is 0 Å². The Morgan fingerprint density at radius 3 is 2.58 bits per heavy atom. The summed E-state index contributed by atoms with van der Waals surface area (Å²) in [5.41, 5.74) is 8.50. The predicted molar refractivity (Wildman–Crippen MR) is 81.2 cm³/mol. The fourth-order valence-electron chi connectivity index (χ4n) is 3.02. The Bertz CT molecular complexity index is 391. The van der Waals surface area contributed by atoms with Gasteiger partial charge in [-0.1, -0.05) is 31.2 Å². The normalized spacial score (nSPS) is 21.7. The Morgan fingerprint density at radius 1 is 1.21 bits per heavy atom. The summed E-state index contributed by atoms with van der Waals surface area (Å²) in [6.45, 7) is 11.2. The third-order valence-corrected chi connectivity index (χ3v) is 4.29. The van der Waals surface area contributed by atoms with Gasteiger partial charge in [-0.25, -0.2) is 0 Å². The second-order valence-electron chi connectivity index (χ2n) is 5.50. The van der Waals surface area contributed by atoms with E-state index in [1.165, 1.54) is 37.3 Å². The molecule has 1 aromatic rings. The Hall–Kier alpha value is -0.900. The van der Waals surface area contributed by atoms with Crippen molar-refractivity contribution in [3.63, 3.8) is 0 Å². The maximum atomic E-state index is 5.80. The van der Waals surface area contributed by atoms with E-state index in [4.69, 9.17) is 5.73 Å². The summed E-state index contributed by atoms with van der Waals surface area (Å²) in [5, 5.41) is 0. The molecule has 1 saturated heterocycles. The first-order valence-electron chi connectivity index (χ1n) is 7.47. The number of nitrogens with zero attached hydrogens (tertiary/aromatic N) is 2. The van der Waals surface area contributed by atoms with Crippen molar-refractivity contribution in [3.8, 4) is 0 Å². The van der Waals surface area contributed by atoms with Gasteiger partial charge in [0, 0.05) is 38.8 Å². The molecule has 106 valence electrons. The minimum absolute atomic E-state index is 0.649. The summed E-state index contributed by atoms with van der Waals surface area (Å²) in [7, 11) is 0. The van der Waals surface area contributed by atoms with Crippen LogP contribution in [0.5, 0.6) is 0 Å². The Labute approximate surface area is 117 Å². The average Bonchev–Trinajstić information content (AvgIpc) is 2.45. The van der Waals surface area contributed by atoms with Gasteiger partial charge in [0.2, 0.25) is 0 Å². The van der Waals surface area contributed by atoms with Gasteiger partial charge < -0.3 is 10.6 Å². The van der Waals surface area contributed by atoms with E-state index in [1.54, 1.807) is 0 Å².